The molecular weight excluding hydrogens is 241 g/mol. The van der Waals surface area contributed by atoms with Crippen LogP contribution >= 0.6 is 0 Å². The summed E-state index contributed by atoms with van der Waals surface area (Å²) in [6.45, 7) is 1.57. The van der Waals surface area contributed by atoms with Gasteiger partial charge in [-0.25, -0.2) is 8.42 Å². The van der Waals surface area contributed by atoms with E-state index in [1.54, 1.807) is 6.92 Å². The molecule has 1 aliphatic carbocycles. The molecule has 0 saturated heterocycles. The first kappa shape index (κ1) is 13.8. The summed E-state index contributed by atoms with van der Waals surface area (Å²) in [6.07, 6.45) is -3.21. The van der Waals surface area contributed by atoms with Crippen molar-refractivity contribution in [3.63, 3.8) is 0 Å². The molecule has 0 radical (unpaired) electrons. The summed E-state index contributed by atoms with van der Waals surface area (Å²) in [5, 5.41) is 0. The van der Waals surface area contributed by atoms with Crippen molar-refractivity contribution >= 4 is 9.84 Å². The normalized spacial score (nSPS) is 28.0. The highest BCUT2D eigenvalue weighted by atomic mass is 32.2. The maximum Gasteiger partial charge on any atom is 0.391 e. The minimum absolute atomic E-state index is 0.0497. The molecule has 1 saturated carbocycles. The van der Waals surface area contributed by atoms with Crippen LogP contribution in [0.4, 0.5) is 13.2 Å². The van der Waals surface area contributed by atoms with E-state index in [4.69, 9.17) is 0 Å². The van der Waals surface area contributed by atoms with E-state index >= 15 is 0 Å². The van der Waals surface area contributed by atoms with E-state index in [0.717, 1.165) is 0 Å². The first-order valence-electron chi connectivity index (χ1n) is 5.51. The van der Waals surface area contributed by atoms with Crippen molar-refractivity contribution in [1.82, 2.24) is 0 Å². The van der Waals surface area contributed by atoms with E-state index in [9.17, 15) is 21.6 Å². The highest BCUT2D eigenvalue weighted by Crippen LogP contribution is 2.39. The Morgan fingerprint density at radius 1 is 1.12 bits per heavy atom. The van der Waals surface area contributed by atoms with Crippen LogP contribution < -0.4 is 0 Å². The van der Waals surface area contributed by atoms with Gasteiger partial charge >= 0.3 is 6.18 Å². The standard InChI is InChI=1S/C10H17F3O2S/c1-2-16(14,15)7-8-3-5-9(6-4-8)10(11,12)13/h8-9H,2-7H2,1H3/t8-,9-. The maximum absolute atomic E-state index is 12.4. The molecule has 1 rings (SSSR count). The smallest absolute Gasteiger partial charge is 0.229 e. The van der Waals surface area contributed by atoms with Gasteiger partial charge < -0.3 is 0 Å². The van der Waals surface area contributed by atoms with Crippen LogP contribution in [-0.4, -0.2) is 26.1 Å². The van der Waals surface area contributed by atoms with Crippen molar-refractivity contribution in [1.29, 1.82) is 0 Å². The SMILES string of the molecule is CCS(=O)(=O)C[C@H]1CC[C@H](C(F)(F)F)CC1. The second-order valence-electron chi connectivity index (χ2n) is 4.46. The van der Waals surface area contributed by atoms with Gasteiger partial charge in [-0.3, -0.25) is 0 Å². The van der Waals surface area contributed by atoms with Crippen molar-refractivity contribution in [3.05, 3.63) is 0 Å². The second kappa shape index (κ2) is 4.94. The van der Waals surface area contributed by atoms with Crippen molar-refractivity contribution in [2.24, 2.45) is 11.8 Å². The van der Waals surface area contributed by atoms with Crippen LogP contribution in [0.15, 0.2) is 0 Å². The van der Waals surface area contributed by atoms with E-state index < -0.39 is 21.9 Å². The Morgan fingerprint density at radius 2 is 1.62 bits per heavy atom. The Hall–Kier alpha value is -0.260. The molecule has 0 aromatic rings. The number of halogens is 3. The van der Waals surface area contributed by atoms with Crippen LogP contribution in [0.25, 0.3) is 0 Å². The van der Waals surface area contributed by atoms with Crippen molar-refractivity contribution in [2.75, 3.05) is 11.5 Å². The minimum Gasteiger partial charge on any atom is -0.229 e. The third-order valence-electron chi connectivity index (χ3n) is 3.24. The summed E-state index contributed by atoms with van der Waals surface area (Å²) in [6, 6.07) is 0. The summed E-state index contributed by atoms with van der Waals surface area (Å²) in [7, 11) is -3.05. The van der Waals surface area contributed by atoms with Crippen LogP contribution in [0.3, 0.4) is 0 Å². The predicted molar refractivity (Wildman–Crippen MR) is 55.8 cm³/mol. The van der Waals surface area contributed by atoms with E-state index in [1.165, 1.54) is 0 Å². The molecule has 0 aliphatic heterocycles. The van der Waals surface area contributed by atoms with Crippen molar-refractivity contribution < 1.29 is 21.6 Å². The molecule has 0 heterocycles. The molecule has 96 valence electrons. The van der Waals surface area contributed by atoms with E-state index in [1.807, 2.05) is 0 Å². The fourth-order valence-corrected chi connectivity index (χ4v) is 3.42. The molecule has 1 aliphatic rings. The molecule has 0 amide bonds. The van der Waals surface area contributed by atoms with Gasteiger partial charge in [0, 0.05) is 5.75 Å². The van der Waals surface area contributed by atoms with Crippen LogP contribution in [0.2, 0.25) is 0 Å². The first-order chi connectivity index (χ1) is 7.24. The molecule has 0 unspecified atom stereocenters. The Balaban J connectivity index is 2.44. The van der Waals surface area contributed by atoms with Gasteiger partial charge in [0.1, 0.15) is 9.84 Å². The molecule has 0 aromatic heterocycles. The molecule has 0 aromatic carbocycles. The highest BCUT2D eigenvalue weighted by Gasteiger charge is 2.41. The summed E-state index contributed by atoms with van der Waals surface area (Å²) < 4.78 is 59.7. The number of alkyl halides is 3. The van der Waals surface area contributed by atoms with Gasteiger partial charge in [-0.2, -0.15) is 13.2 Å². The summed E-state index contributed by atoms with van der Waals surface area (Å²) in [5.41, 5.74) is 0. The van der Waals surface area contributed by atoms with Crippen molar-refractivity contribution in [3.8, 4) is 0 Å². The molecule has 2 nitrogen and oxygen atoms in total. The second-order valence-corrected chi connectivity index (χ2v) is 6.86. The van der Waals surface area contributed by atoms with Crippen LogP contribution in [0, 0.1) is 11.8 Å². The molecule has 0 spiro atoms. The zero-order valence-corrected chi connectivity index (χ0v) is 10.1. The Bertz CT molecular complexity index is 313. The lowest BCUT2D eigenvalue weighted by Gasteiger charge is -2.29. The third-order valence-corrected chi connectivity index (χ3v) is 5.10. The van der Waals surface area contributed by atoms with Crippen LogP contribution in [0.1, 0.15) is 32.6 Å². The van der Waals surface area contributed by atoms with Gasteiger partial charge in [0.05, 0.1) is 11.7 Å². The number of hydrogen-bond donors (Lipinski definition) is 0. The molecule has 1 fully saturated rings. The van der Waals surface area contributed by atoms with Crippen molar-refractivity contribution in [2.45, 2.75) is 38.8 Å². The largest absolute Gasteiger partial charge is 0.391 e. The van der Waals surface area contributed by atoms with Gasteiger partial charge in [-0.15, -0.1) is 0 Å². The number of sulfone groups is 1. The summed E-state index contributed by atoms with van der Waals surface area (Å²) >= 11 is 0. The molecule has 16 heavy (non-hydrogen) atoms. The van der Waals surface area contributed by atoms with E-state index in [-0.39, 0.29) is 30.3 Å². The summed E-state index contributed by atoms with van der Waals surface area (Å²) in [5.74, 6) is -1.18. The predicted octanol–water partition coefficient (Wildman–Crippen LogP) is 2.79. The quantitative estimate of drug-likeness (QED) is 0.780. The lowest BCUT2D eigenvalue weighted by molar-refractivity contribution is -0.183. The fourth-order valence-electron chi connectivity index (χ4n) is 2.13. The number of hydrogen-bond acceptors (Lipinski definition) is 2. The Morgan fingerprint density at radius 3 is 2.00 bits per heavy atom. The average Bonchev–Trinajstić information content (AvgIpc) is 2.16. The summed E-state index contributed by atoms with van der Waals surface area (Å²) in [4.78, 5) is 0. The first-order valence-corrected chi connectivity index (χ1v) is 7.34. The van der Waals surface area contributed by atoms with Gasteiger partial charge in [-0.1, -0.05) is 6.92 Å². The van der Waals surface area contributed by atoms with Gasteiger partial charge in [0.15, 0.2) is 0 Å². The minimum atomic E-state index is -4.12. The maximum atomic E-state index is 12.4. The third kappa shape index (κ3) is 3.96. The van der Waals surface area contributed by atoms with Crippen LogP contribution in [0.5, 0.6) is 0 Å². The Labute approximate surface area is 94.1 Å². The molecule has 6 heteroatoms. The van der Waals surface area contributed by atoms with Crippen LogP contribution in [-0.2, 0) is 9.84 Å². The molecule has 0 N–H and O–H groups in total. The number of rotatable bonds is 3. The van der Waals surface area contributed by atoms with Gasteiger partial charge in [0.2, 0.25) is 0 Å². The molecule has 0 bridgehead atoms. The average molecular weight is 258 g/mol. The molecule has 0 atom stereocenters. The topological polar surface area (TPSA) is 34.1 Å². The lowest BCUT2D eigenvalue weighted by Crippen LogP contribution is -2.30. The van der Waals surface area contributed by atoms with E-state index in [0.29, 0.717) is 12.8 Å². The Kier molecular flexibility index (Phi) is 4.26. The van der Waals surface area contributed by atoms with Gasteiger partial charge in [0.25, 0.3) is 0 Å². The molecular formula is C10H17F3O2S. The van der Waals surface area contributed by atoms with E-state index in [2.05, 4.69) is 0 Å². The van der Waals surface area contributed by atoms with Gasteiger partial charge in [-0.05, 0) is 31.6 Å². The highest BCUT2D eigenvalue weighted by molar-refractivity contribution is 7.91. The lowest BCUT2D eigenvalue weighted by atomic mass is 9.82. The zero-order chi connectivity index (χ0) is 12.4. The fraction of sp³-hybridized carbons (Fsp3) is 1.00. The monoisotopic (exact) mass is 258 g/mol. The zero-order valence-electron chi connectivity index (χ0n) is 9.26.